The minimum atomic E-state index is -0.103. The molecule has 0 saturated heterocycles. The fourth-order valence-corrected chi connectivity index (χ4v) is 1.41. The van der Waals surface area contributed by atoms with Crippen LogP contribution in [0.2, 0.25) is 0 Å². The molecule has 0 spiro atoms. The maximum absolute atomic E-state index is 8.49. The summed E-state index contributed by atoms with van der Waals surface area (Å²) in [4.78, 5) is 2.25. The van der Waals surface area contributed by atoms with Crippen molar-refractivity contribution in [2.24, 2.45) is 10.9 Å². The number of oxime groups is 1. The molecule has 0 aliphatic rings. The molecule has 3 N–H and O–H groups in total. The molecular formula is C12H27N3O2. The van der Waals surface area contributed by atoms with Crippen LogP contribution in [0.3, 0.4) is 0 Å². The third kappa shape index (κ3) is 8.94. The highest BCUT2D eigenvalue weighted by molar-refractivity contribution is 5.79. The summed E-state index contributed by atoms with van der Waals surface area (Å²) in [5, 5.41) is 11.5. The quantitative estimate of drug-likeness (QED) is 0.310. The Balaban J connectivity index is 4.00. The lowest BCUT2D eigenvalue weighted by Gasteiger charge is -2.28. The molecule has 0 aromatic carbocycles. The van der Waals surface area contributed by atoms with Gasteiger partial charge in [-0.25, -0.2) is 0 Å². The zero-order valence-corrected chi connectivity index (χ0v) is 11.7. The van der Waals surface area contributed by atoms with Crippen molar-refractivity contribution < 1.29 is 9.94 Å². The van der Waals surface area contributed by atoms with Gasteiger partial charge in [0.15, 0.2) is 0 Å². The van der Waals surface area contributed by atoms with Gasteiger partial charge in [0.2, 0.25) is 0 Å². The molecule has 0 fully saturated rings. The topological polar surface area (TPSA) is 71.1 Å². The first kappa shape index (κ1) is 16.2. The maximum Gasteiger partial charge on any atom is 0.140 e. The summed E-state index contributed by atoms with van der Waals surface area (Å²) in [5.74, 6) is 0.271. The predicted octanol–water partition coefficient (Wildman–Crippen LogP) is 1.65. The molecule has 0 rings (SSSR count). The maximum atomic E-state index is 8.49. The minimum absolute atomic E-state index is 0.103. The Hall–Kier alpha value is -0.810. The molecule has 0 atom stereocenters. The van der Waals surface area contributed by atoms with E-state index in [9.17, 15) is 0 Å². The Labute approximate surface area is 105 Å². The van der Waals surface area contributed by atoms with E-state index < -0.39 is 0 Å². The van der Waals surface area contributed by atoms with Gasteiger partial charge in [-0.1, -0.05) is 5.16 Å². The van der Waals surface area contributed by atoms with Crippen molar-refractivity contribution >= 4 is 5.84 Å². The number of rotatable bonds is 7. The number of hydrogen-bond donors (Lipinski definition) is 2. The molecule has 0 amide bonds. The molecular weight excluding hydrogens is 218 g/mol. The predicted molar refractivity (Wildman–Crippen MR) is 70.4 cm³/mol. The van der Waals surface area contributed by atoms with Crippen molar-refractivity contribution in [3.8, 4) is 0 Å². The Morgan fingerprint density at radius 2 is 1.94 bits per heavy atom. The van der Waals surface area contributed by atoms with Crippen LogP contribution in [0.5, 0.6) is 0 Å². The average molecular weight is 245 g/mol. The van der Waals surface area contributed by atoms with E-state index in [0.29, 0.717) is 19.1 Å². The second-order valence-electron chi connectivity index (χ2n) is 5.43. The SMILES string of the molecule is CC(C)N(CCOC(C)(C)C)CCC(N)=NO. The van der Waals surface area contributed by atoms with Crippen molar-refractivity contribution in [1.82, 2.24) is 4.90 Å². The van der Waals surface area contributed by atoms with Crippen molar-refractivity contribution in [3.05, 3.63) is 0 Å². The Morgan fingerprint density at radius 3 is 2.35 bits per heavy atom. The lowest BCUT2D eigenvalue weighted by Crippen LogP contribution is -2.37. The molecule has 0 aliphatic carbocycles. The lowest BCUT2D eigenvalue weighted by molar-refractivity contribution is -0.0159. The lowest BCUT2D eigenvalue weighted by atomic mass is 10.2. The second-order valence-corrected chi connectivity index (χ2v) is 5.43. The van der Waals surface area contributed by atoms with Crippen LogP contribution >= 0.6 is 0 Å². The monoisotopic (exact) mass is 245 g/mol. The van der Waals surface area contributed by atoms with Gasteiger partial charge in [0.25, 0.3) is 0 Å². The normalized spacial score (nSPS) is 13.7. The van der Waals surface area contributed by atoms with E-state index in [2.05, 4.69) is 23.9 Å². The summed E-state index contributed by atoms with van der Waals surface area (Å²) < 4.78 is 5.69. The molecule has 5 nitrogen and oxygen atoms in total. The number of nitrogens with zero attached hydrogens (tertiary/aromatic N) is 2. The van der Waals surface area contributed by atoms with Gasteiger partial charge in [0.1, 0.15) is 5.84 Å². The van der Waals surface area contributed by atoms with E-state index in [0.717, 1.165) is 13.1 Å². The van der Waals surface area contributed by atoms with Crippen LogP contribution < -0.4 is 5.73 Å². The highest BCUT2D eigenvalue weighted by atomic mass is 16.5. The van der Waals surface area contributed by atoms with Crippen LogP contribution in [0, 0.1) is 0 Å². The van der Waals surface area contributed by atoms with Crippen molar-refractivity contribution in [1.29, 1.82) is 0 Å². The van der Waals surface area contributed by atoms with E-state index in [1.54, 1.807) is 0 Å². The molecule has 0 aromatic heterocycles. The smallest absolute Gasteiger partial charge is 0.140 e. The van der Waals surface area contributed by atoms with Gasteiger partial charge in [-0.2, -0.15) is 0 Å². The van der Waals surface area contributed by atoms with Crippen LogP contribution in [0.25, 0.3) is 0 Å². The molecule has 5 heteroatoms. The van der Waals surface area contributed by atoms with Crippen LogP contribution in [-0.4, -0.2) is 47.3 Å². The van der Waals surface area contributed by atoms with E-state index in [1.165, 1.54) is 0 Å². The van der Waals surface area contributed by atoms with Crippen LogP contribution in [0.4, 0.5) is 0 Å². The fourth-order valence-electron chi connectivity index (χ4n) is 1.41. The van der Waals surface area contributed by atoms with E-state index in [1.807, 2.05) is 20.8 Å². The summed E-state index contributed by atoms with van der Waals surface area (Å²) >= 11 is 0. The number of hydrogen-bond acceptors (Lipinski definition) is 4. The highest BCUT2D eigenvalue weighted by Gasteiger charge is 2.13. The average Bonchev–Trinajstić information content (AvgIpc) is 2.20. The first-order valence-electron chi connectivity index (χ1n) is 6.10. The summed E-state index contributed by atoms with van der Waals surface area (Å²) in [7, 11) is 0. The third-order valence-corrected chi connectivity index (χ3v) is 2.43. The van der Waals surface area contributed by atoms with Crippen molar-refractivity contribution in [2.45, 2.75) is 52.7 Å². The van der Waals surface area contributed by atoms with Gasteiger partial charge in [0.05, 0.1) is 12.2 Å². The first-order chi connectivity index (χ1) is 7.76. The standard InChI is InChI=1S/C12H27N3O2/c1-10(2)15(7-6-11(13)14-16)8-9-17-12(3,4)5/h10,16H,6-9H2,1-5H3,(H2,13,14). The molecule has 102 valence electrons. The van der Waals surface area contributed by atoms with Gasteiger partial charge in [-0.15, -0.1) is 0 Å². The van der Waals surface area contributed by atoms with Gasteiger partial charge < -0.3 is 15.7 Å². The second kappa shape index (κ2) is 7.50. The third-order valence-electron chi connectivity index (χ3n) is 2.43. The molecule has 0 aliphatic heterocycles. The summed E-state index contributed by atoms with van der Waals surface area (Å²) in [6, 6.07) is 0.421. The zero-order chi connectivity index (χ0) is 13.5. The highest BCUT2D eigenvalue weighted by Crippen LogP contribution is 2.07. The molecule has 0 aromatic rings. The van der Waals surface area contributed by atoms with Crippen molar-refractivity contribution in [2.75, 3.05) is 19.7 Å². The first-order valence-corrected chi connectivity index (χ1v) is 6.10. The van der Waals surface area contributed by atoms with Crippen LogP contribution in [0.15, 0.2) is 5.16 Å². The summed E-state index contributed by atoms with van der Waals surface area (Å²) in [6.07, 6.45) is 0.574. The molecule has 0 unspecified atom stereocenters. The van der Waals surface area contributed by atoms with Crippen LogP contribution in [-0.2, 0) is 4.74 Å². The fraction of sp³-hybridized carbons (Fsp3) is 0.917. The van der Waals surface area contributed by atoms with E-state index >= 15 is 0 Å². The van der Waals surface area contributed by atoms with Gasteiger partial charge in [-0.3, -0.25) is 4.90 Å². The number of amidine groups is 1. The Bertz CT molecular complexity index is 234. The largest absolute Gasteiger partial charge is 0.409 e. The number of ether oxygens (including phenoxy) is 1. The van der Waals surface area contributed by atoms with Gasteiger partial charge >= 0.3 is 0 Å². The summed E-state index contributed by atoms with van der Waals surface area (Å²) in [6.45, 7) is 12.7. The van der Waals surface area contributed by atoms with Crippen LogP contribution in [0.1, 0.15) is 41.0 Å². The Kier molecular flexibility index (Phi) is 7.15. The zero-order valence-electron chi connectivity index (χ0n) is 11.7. The molecule has 0 radical (unpaired) electrons. The summed E-state index contributed by atoms with van der Waals surface area (Å²) in [5.41, 5.74) is 5.36. The molecule has 0 saturated carbocycles. The molecule has 17 heavy (non-hydrogen) atoms. The van der Waals surface area contributed by atoms with Gasteiger partial charge in [0, 0.05) is 25.6 Å². The van der Waals surface area contributed by atoms with Gasteiger partial charge in [-0.05, 0) is 34.6 Å². The molecule has 0 bridgehead atoms. The Morgan fingerprint density at radius 1 is 1.35 bits per heavy atom. The number of nitrogens with two attached hydrogens (primary N) is 1. The van der Waals surface area contributed by atoms with Crippen molar-refractivity contribution in [3.63, 3.8) is 0 Å². The van der Waals surface area contributed by atoms with E-state index in [-0.39, 0.29) is 11.4 Å². The minimum Gasteiger partial charge on any atom is -0.409 e. The van der Waals surface area contributed by atoms with E-state index in [4.69, 9.17) is 15.7 Å². The molecule has 0 heterocycles.